The molecular weight excluding hydrogens is 214 g/mol. The number of imidazole rings is 1. The van der Waals surface area contributed by atoms with Crippen molar-refractivity contribution in [2.45, 2.75) is 6.92 Å². The zero-order valence-corrected chi connectivity index (χ0v) is 9.34. The number of nitrogens with zero attached hydrogens (tertiary/aromatic N) is 2. The molecule has 1 N–H and O–H groups in total. The molecule has 0 bridgehead atoms. The summed E-state index contributed by atoms with van der Waals surface area (Å²) in [6, 6.07) is 11.4. The van der Waals surface area contributed by atoms with Gasteiger partial charge in [0.2, 0.25) is 0 Å². The van der Waals surface area contributed by atoms with Crippen molar-refractivity contribution in [3.8, 4) is 5.82 Å². The van der Waals surface area contributed by atoms with Crippen LogP contribution in [-0.2, 0) is 0 Å². The molecule has 3 rings (SSSR count). The van der Waals surface area contributed by atoms with Crippen LogP contribution in [0.15, 0.2) is 47.4 Å². The molecule has 84 valence electrons. The highest BCUT2D eigenvalue weighted by Crippen LogP contribution is 2.15. The van der Waals surface area contributed by atoms with Crippen molar-refractivity contribution in [3.05, 3.63) is 58.6 Å². The number of aromatic nitrogens is 3. The van der Waals surface area contributed by atoms with E-state index in [1.165, 1.54) is 0 Å². The number of H-pyrrole nitrogens is 1. The Balaban J connectivity index is 2.42. The molecule has 0 atom stereocenters. The van der Waals surface area contributed by atoms with Gasteiger partial charge in [-0.1, -0.05) is 18.2 Å². The van der Waals surface area contributed by atoms with Gasteiger partial charge in [0.1, 0.15) is 5.82 Å². The van der Waals surface area contributed by atoms with Gasteiger partial charge < -0.3 is 4.98 Å². The van der Waals surface area contributed by atoms with Gasteiger partial charge in [0.15, 0.2) is 0 Å². The number of nitrogens with one attached hydrogen (secondary N) is 1. The molecule has 2 heterocycles. The third-order valence-corrected chi connectivity index (χ3v) is 2.78. The number of fused-ring (bicyclic) bond motifs is 1. The summed E-state index contributed by atoms with van der Waals surface area (Å²) in [4.78, 5) is 19.1. The molecule has 0 aliphatic carbocycles. The van der Waals surface area contributed by atoms with Crippen LogP contribution in [0.1, 0.15) is 5.56 Å². The number of aryl methyl sites for hydroxylation is 1. The third-order valence-electron chi connectivity index (χ3n) is 2.78. The van der Waals surface area contributed by atoms with Gasteiger partial charge in [-0.25, -0.2) is 14.3 Å². The summed E-state index contributed by atoms with van der Waals surface area (Å²) in [7, 11) is 0. The maximum Gasteiger partial charge on any atom is 0.332 e. The minimum atomic E-state index is -0.159. The highest BCUT2D eigenvalue weighted by atomic mass is 16.1. The average molecular weight is 225 g/mol. The van der Waals surface area contributed by atoms with Crippen molar-refractivity contribution in [2.75, 3.05) is 0 Å². The van der Waals surface area contributed by atoms with E-state index in [-0.39, 0.29) is 5.69 Å². The van der Waals surface area contributed by atoms with E-state index in [4.69, 9.17) is 0 Å². The fourth-order valence-electron chi connectivity index (χ4n) is 1.98. The highest BCUT2D eigenvalue weighted by molar-refractivity contribution is 5.76. The van der Waals surface area contributed by atoms with Gasteiger partial charge in [0.25, 0.3) is 0 Å². The first kappa shape index (κ1) is 9.84. The van der Waals surface area contributed by atoms with Crippen LogP contribution in [0.2, 0.25) is 0 Å². The van der Waals surface area contributed by atoms with E-state index in [9.17, 15) is 4.79 Å². The molecular formula is C13H11N3O. The zero-order valence-electron chi connectivity index (χ0n) is 9.34. The lowest BCUT2D eigenvalue weighted by molar-refractivity contribution is 0.952. The number of rotatable bonds is 1. The first-order chi connectivity index (χ1) is 8.27. The normalized spacial score (nSPS) is 10.9. The number of pyridine rings is 1. The fraction of sp³-hybridized carbons (Fsp3) is 0.0769. The lowest BCUT2D eigenvalue weighted by Crippen LogP contribution is -2.16. The van der Waals surface area contributed by atoms with Crippen LogP contribution in [-0.4, -0.2) is 14.5 Å². The summed E-state index contributed by atoms with van der Waals surface area (Å²) >= 11 is 0. The summed E-state index contributed by atoms with van der Waals surface area (Å²) in [5.74, 6) is 0.676. The standard InChI is InChI=1S/C13H11N3O/c1-9-5-4-8-14-12(9)16-11-7-3-2-6-10(11)15-13(16)17/h2-8H,1H3,(H,15,17). The van der Waals surface area contributed by atoms with Gasteiger partial charge in [0, 0.05) is 6.20 Å². The summed E-state index contributed by atoms with van der Waals surface area (Å²) in [6.07, 6.45) is 1.69. The van der Waals surface area contributed by atoms with Crippen molar-refractivity contribution in [2.24, 2.45) is 0 Å². The largest absolute Gasteiger partial charge is 0.332 e. The summed E-state index contributed by atoms with van der Waals surface area (Å²) in [6.45, 7) is 1.94. The minimum absolute atomic E-state index is 0.159. The van der Waals surface area contributed by atoms with Crippen LogP contribution in [0, 0.1) is 6.92 Å². The molecule has 0 spiro atoms. The number of aromatic amines is 1. The number of benzene rings is 1. The Hall–Kier alpha value is -2.36. The lowest BCUT2D eigenvalue weighted by atomic mass is 10.2. The van der Waals surface area contributed by atoms with E-state index in [1.54, 1.807) is 10.8 Å². The van der Waals surface area contributed by atoms with E-state index in [2.05, 4.69) is 9.97 Å². The summed E-state index contributed by atoms with van der Waals surface area (Å²) in [5, 5.41) is 0. The number of hydrogen-bond acceptors (Lipinski definition) is 2. The van der Waals surface area contributed by atoms with Crippen molar-refractivity contribution in [3.63, 3.8) is 0 Å². The topological polar surface area (TPSA) is 50.7 Å². The van der Waals surface area contributed by atoms with Crippen molar-refractivity contribution in [1.29, 1.82) is 0 Å². The Morgan fingerprint density at radius 2 is 2.00 bits per heavy atom. The Labute approximate surface area is 97.6 Å². The van der Waals surface area contributed by atoms with E-state index in [1.807, 2.05) is 43.3 Å². The first-order valence-corrected chi connectivity index (χ1v) is 5.39. The van der Waals surface area contributed by atoms with Crippen molar-refractivity contribution in [1.82, 2.24) is 14.5 Å². The summed E-state index contributed by atoms with van der Waals surface area (Å²) < 4.78 is 1.60. The highest BCUT2D eigenvalue weighted by Gasteiger charge is 2.10. The number of hydrogen-bond donors (Lipinski definition) is 1. The van der Waals surface area contributed by atoms with Crippen LogP contribution < -0.4 is 5.69 Å². The van der Waals surface area contributed by atoms with E-state index < -0.39 is 0 Å². The van der Waals surface area contributed by atoms with Crippen molar-refractivity contribution >= 4 is 11.0 Å². The molecule has 0 fully saturated rings. The molecule has 17 heavy (non-hydrogen) atoms. The zero-order chi connectivity index (χ0) is 11.8. The molecule has 0 saturated heterocycles. The van der Waals surface area contributed by atoms with Crippen LogP contribution in [0.25, 0.3) is 16.9 Å². The molecule has 4 nitrogen and oxygen atoms in total. The average Bonchev–Trinajstić information content (AvgIpc) is 2.66. The Kier molecular flexibility index (Phi) is 2.08. The molecule has 0 saturated carbocycles. The second-order valence-electron chi connectivity index (χ2n) is 3.93. The molecule has 0 aliphatic heterocycles. The maximum atomic E-state index is 12.0. The quantitative estimate of drug-likeness (QED) is 0.688. The minimum Gasteiger partial charge on any atom is -0.305 e. The molecule has 0 aliphatic rings. The fourth-order valence-corrected chi connectivity index (χ4v) is 1.98. The predicted octanol–water partition coefficient (Wildman–Crippen LogP) is 2.02. The van der Waals surface area contributed by atoms with Gasteiger partial charge in [-0.15, -0.1) is 0 Å². The van der Waals surface area contributed by atoms with Crippen LogP contribution >= 0.6 is 0 Å². The Bertz CT molecular complexity index is 740. The molecule has 0 unspecified atom stereocenters. The molecule has 3 aromatic rings. The van der Waals surface area contributed by atoms with Crippen LogP contribution in [0.4, 0.5) is 0 Å². The molecule has 0 radical (unpaired) electrons. The molecule has 4 heteroatoms. The Morgan fingerprint density at radius 1 is 1.18 bits per heavy atom. The van der Waals surface area contributed by atoms with E-state index in [0.29, 0.717) is 5.82 Å². The Morgan fingerprint density at radius 3 is 2.82 bits per heavy atom. The monoisotopic (exact) mass is 225 g/mol. The van der Waals surface area contributed by atoms with Gasteiger partial charge in [-0.2, -0.15) is 0 Å². The smallest absolute Gasteiger partial charge is 0.305 e. The third kappa shape index (κ3) is 1.45. The SMILES string of the molecule is Cc1cccnc1-n1c(=O)[nH]c2ccccc21. The van der Waals surface area contributed by atoms with Crippen molar-refractivity contribution < 1.29 is 0 Å². The first-order valence-electron chi connectivity index (χ1n) is 5.39. The van der Waals surface area contributed by atoms with Gasteiger partial charge in [-0.05, 0) is 30.7 Å². The second-order valence-corrected chi connectivity index (χ2v) is 3.93. The van der Waals surface area contributed by atoms with Crippen LogP contribution in [0.5, 0.6) is 0 Å². The van der Waals surface area contributed by atoms with Gasteiger partial charge in [0.05, 0.1) is 11.0 Å². The van der Waals surface area contributed by atoms with Gasteiger partial charge in [-0.3, -0.25) is 0 Å². The van der Waals surface area contributed by atoms with E-state index in [0.717, 1.165) is 16.6 Å². The van der Waals surface area contributed by atoms with Gasteiger partial charge >= 0.3 is 5.69 Å². The molecule has 0 amide bonds. The maximum absolute atomic E-state index is 12.0. The molecule has 1 aromatic carbocycles. The van der Waals surface area contributed by atoms with Crippen LogP contribution in [0.3, 0.4) is 0 Å². The summed E-state index contributed by atoms with van der Waals surface area (Å²) in [5.41, 5.74) is 2.48. The predicted molar refractivity (Wildman–Crippen MR) is 66.4 cm³/mol. The number of para-hydroxylation sites is 2. The molecule has 2 aromatic heterocycles. The second kappa shape index (κ2) is 3.59. The lowest BCUT2D eigenvalue weighted by Gasteiger charge is -2.04. The van der Waals surface area contributed by atoms with E-state index >= 15 is 0 Å².